The number of hydrogen-bond acceptors (Lipinski definition) is 2. The Morgan fingerprint density at radius 1 is 0.971 bits per heavy atom. The van der Waals surface area contributed by atoms with Crippen LogP contribution in [0.15, 0.2) is 11.6 Å². The van der Waals surface area contributed by atoms with E-state index in [1.165, 1.54) is 64.2 Å². The third-order valence-electron chi connectivity index (χ3n) is 12.9. The number of esters is 1. The third-order valence-corrected chi connectivity index (χ3v) is 12.9. The SMILES string of the molecule is C/C=C(\CC[C@@H](C)[C@H]1CC[C@H]2[C@@H]3CC[C@H]4[C@H](C)[C@@H](OC(C)=O)CC[C@@]45C[C@@]35CC[C@]12C)C(C)C. The molecule has 2 spiro atoms. The maximum Gasteiger partial charge on any atom is 0.302 e. The molecule has 0 aromatic rings. The van der Waals surface area contributed by atoms with Crippen molar-refractivity contribution in [1.82, 2.24) is 0 Å². The van der Waals surface area contributed by atoms with Crippen LogP contribution in [0.1, 0.15) is 119 Å². The quantitative estimate of drug-likeness (QED) is 0.288. The lowest BCUT2D eigenvalue weighted by molar-refractivity contribution is -0.159. The second-order valence-electron chi connectivity index (χ2n) is 14.2. The number of carbonyl (C=O) groups is 1. The van der Waals surface area contributed by atoms with Gasteiger partial charge in [0.1, 0.15) is 6.10 Å². The molecule has 2 nitrogen and oxygen atoms in total. The van der Waals surface area contributed by atoms with Gasteiger partial charge in [-0.2, -0.15) is 0 Å². The number of fused-ring (bicyclic) bond motifs is 2. The first-order valence-electron chi connectivity index (χ1n) is 14.9. The van der Waals surface area contributed by atoms with Gasteiger partial charge in [-0.3, -0.25) is 4.79 Å². The molecule has 0 aromatic carbocycles. The molecule has 5 rings (SSSR count). The minimum Gasteiger partial charge on any atom is -0.462 e. The van der Waals surface area contributed by atoms with Gasteiger partial charge in [-0.1, -0.05) is 46.3 Å². The Bertz CT molecular complexity index is 827. The van der Waals surface area contributed by atoms with E-state index in [1.54, 1.807) is 12.5 Å². The number of allylic oxidation sites excluding steroid dienone is 2. The van der Waals surface area contributed by atoms with Crippen molar-refractivity contribution in [1.29, 1.82) is 0 Å². The van der Waals surface area contributed by atoms with Crippen LogP contribution in [0.25, 0.3) is 0 Å². The molecule has 5 saturated carbocycles. The largest absolute Gasteiger partial charge is 0.462 e. The van der Waals surface area contributed by atoms with Crippen molar-refractivity contribution in [3.05, 3.63) is 11.6 Å². The van der Waals surface area contributed by atoms with E-state index in [0.717, 1.165) is 36.0 Å². The summed E-state index contributed by atoms with van der Waals surface area (Å²) in [6, 6.07) is 0. The normalized spacial score (nSPS) is 48.4. The zero-order valence-electron chi connectivity index (χ0n) is 23.3. The lowest BCUT2D eigenvalue weighted by atomic mass is 9.48. The van der Waals surface area contributed by atoms with Crippen LogP contribution in [0.4, 0.5) is 0 Å². The van der Waals surface area contributed by atoms with E-state index in [2.05, 4.69) is 47.6 Å². The Hall–Kier alpha value is -0.790. The zero-order valence-corrected chi connectivity index (χ0v) is 23.3. The summed E-state index contributed by atoms with van der Waals surface area (Å²) in [5, 5.41) is 0. The van der Waals surface area contributed by atoms with Crippen LogP contribution in [0.2, 0.25) is 0 Å². The van der Waals surface area contributed by atoms with Crippen molar-refractivity contribution in [3.63, 3.8) is 0 Å². The Morgan fingerprint density at radius 2 is 1.65 bits per heavy atom. The van der Waals surface area contributed by atoms with Gasteiger partial charge in [0.2, 0.25) is 0 Å². The van der Waals surface area contributed by atoms with Crippen molar-refractivity contribution in [2.45, 2.75) is 125 Å². The summed E-state index contributed by atoms with van der Waals surface area (Å²) in [7, 11) is 0. The van der Waals surface area contributed by atoms with Crippen LogP contribution in [0.3, 0.4) is 0 Å². The van der Waals surface area contributed by atoms with Crippen LogP contribution in [0, 0.1) is 57.7 Å². The molecule has 5 aliphatic rings. The highest BCUT2D eigenvalue weighted by Crippen LogP contribution is 2.86. The average molecular weight is 469 g/mol. The number of rotatable bonds is 6. The fourth-order valence-electron chi connectivity index (χ4n) is 11.2. The van der Waals surface area contributed by atoms with Crippen LogP contribution in [-0.2, 0) is 9.53 Å². The average Bonchev–Trinajstić information content (AvgIpc) is 3.32. The molecule has 0 unspecified atom stereocenters. The van der Waals surface area contributed by atoms with Gasteiger partial charge in [0.15, 0.2) is 0 Å². The van der Waals surface area contributed by atoms with Gasteiger partial charge >= 0.3 is 5.97 Å². The summed E-state index contributed by atoms with van der Waals surface area (Å²) in [5.41, 5.74) is 3.46. The highest BCUT2D eigenvalue weighted by Gasteiger charge is 2.79. The first-order valence-corrected chi connectivity index (χ1v) is 14.9. The molecular weight excluding hydrogens is 416 g/mol. The standard InChI is InChI=1S/C32H52O2/c1-8-24(20(2)3)10-9-21(4)25-11-13-27-28-14-12-26-22(5)29(34-23(6)33)15-16-31(26)19-32(28,31)18-17-30(25,27)7/h8,20-22,25-29H,9-19H2,1-7H3/b24-8+/t21-,22+,25-,26+,27+,28+,29+,30-,31-,32+/m1/s1. The number of ether oxygens (including phenoxy) is 1. The van der Waals surface area contributed by atoms with E-state index in [4.69, 9.17) is 4.74 Å². The third kappa shape index (κ3) is 3.50. The minimum atomic E-state index is -0.0820. The molecule has 5 fully saturated rings. The number of carbonyl (C=O) groups excluding carboxylic acids is 1. The molecule has 0 amide bonds. The Labute approximate surface area is 210 Å². The van der Waals surface area contributed by atoms with Crippen molar-refractivity contribution >= 4 is 5.97 Å². The molecule has 192 valence electrons. The van der Waals surface area contributed by atoms with Gasteiger partial charge in [0.05, 0.1) is 0 Å². The van der Waals surface area contributed by atoms with E-state index in [1.807, 2.05) is 0 Å². The van der Waals surface area contributed by atoms with Crippen LogP contribution >= 0.6 is 0 Å². The monoisotopic (exact) mass is 468 g/mol. The summed E-state index contributed by atoms with van der Waals surface area (Å²) in [6.45, 7) is 16.3. The molecule has 0 N–H and O–H groups in total. The fraction of sp³-hybridized carbons (Fsp3) is 0.906. The summed E-state index contributed by atoms with van der Waals surface area (Å²) < 4.78 is 5.80. The summed E-state index contributed by atoms with van der Waals surface area (Å²) in [6.07, 6.45) is 17.9. The van der Waals surface area contributed by atoms with E-state index >= 15 is 0 Å². The van der Waals surface area contributed by atoms with E-state index in [0.29, 0.717) is 28.1 Å². The van der Waals surface area contributed by atoms with Gasteiger partial charge in [-0.15, -0.1) is 0 Å². The van der Waals surface area contributed by atoms with Crippen molar-refractivity contribution in [2.75, 3.05) is 0 Å². The van der Waals surface area contributed by atoms with Gasteiger partial charge in [-0.05, 0) is 135 Å². The lowest BCUT2D eigenvalue weighted by Crippen LogP contribution is -2.51. The second kappa shape index (κ2) is 8.65. The van der Waals surface area contributed by atoms with Gasteiger partial charge < -0.3 is 4.74 Å². The lowest BCUT2D eigenvalue weighted by Gasteiger charge is -2.57. The molecule has 0 heterocycles. The van der Waals surface area contributed by atoms with Crippen molar-refractivity contribution in [3.8, 4) is 0 Å². The zero-order chi connectivity index (χ0) is 24.5. The van der Waals surface area contributed by atoms with E-state index in [9.17, 15) is 4.79 Å². The summed E-state index contributed by atoms with van der Waals surface area (Å²) >= 11 is 0. The first kappa shape index (κ1) is 24.9. The summed E-state index contributed by atoms with van der Waals surface area (Å²) in [5.74, 6) is 5.65. The van der Waals surface area contributed by atoms with Crippen molar-refractivity contribution < 1.29 is 9.53 Å². The molecule has 0 radical (unpaired) electrons. The smallest absolute Gasteiger partial charge is 0.302 e. The van der Waals surface area contributed by atoms with E-state index in [-0.39, 0.29) is 12.1 Å². The molecule has 34 heavy (non-hydrogen) atoms. The minimum absolute atomic E-state index is 0.0820. The summed E-state index contributed by atoms with van der Waals surface area (Å²) in [4.78, 5) is 11.7. The Kier molecular flexibility index (Phi) is 6.33. The molecule has 0 aliphatic heterocycles. The molecule has 5 aliphatic carbocycles. The predicted molar refractivity (Wildman–Crippen MR) is 140 cm³/mol. The molecule has 0 bridgehead atoms. The molecule has 10 atom stereocenters. The molecular formula is C32H52O2. The molecule has 2 heteroatoms. The Morgan fingerprint density at radius 3 is 2.32 bits per heavy atom. The maximum atomic E-state index is 11.7. The van der Waals surface area contributed by atoms with Gasteiger partial charge in [-0.25, -0.2) is 0 Å². The Balaban J connectivity index is 1.30. The van der Waals surface area contributed by atoms with Crippen molar-refractivity contribution in [2.24, 2.45) is 57.7 Å². The second-order valence-corrected chi connectivity index (χ2v) is 14.2. The topological polar surface area (TPSA) is 26.3 Å². The predicted octanol–water partition coefficient (Wildman–Crippen LogP) is 8.60. The number of hydrogen-bond donors (Lipinski definition) is 0. The maximum absolute atomic E-state index is 11.7. The van der Waals surface area contributed by atoms with E-state index < -0.39 is 0 Å². The van der Waals surface area contributed by atoms with Crippen LogP contribution in [-0.4, -0.2) is 12.1 Å². The van der Waals surface area contributed by atoms with Gasteiger partial charge in [0.25, 0.3) is 0 Å². The van der Waals surface area contributed by atoms with Crippen LogP contribution < -0.4 is 0 Å². The van der Waals surface area contributed by atoms with Crippen LogP contribution in [0.5, 0.6) is 0 Å². The van der Waals surface area contributed by atoms with Gasteiger partial charge in [0, 0.05) is 6.92 Å². The first-order chi connectivity index (χ1) is 16.1. The molecule has 0 saturated heterocycles. The highest BCUT2D eigenvalue weighted by molar-refractivity contribution is 5.66. The fourth-order valence-corrected chi connectivity index (χ4v) is 11.2. The molecule has 0 aromatic heterocycles. The highest BCUT2D eigenvalue weighted by atomic mass is 16.5.